The fourth-order valence-electron chi connectivity index (χ4n) is 2.24. The van der Waals surface area contributed by atoms with E-state index in [1.165, 1.54) is 0 Å². The van der Waals surface area contributed by atoms with Crippen molar-refractivity contribution in [1.29, 1.82) is 0 Å². The van der Waals surface area contributed by atoms with Crippen LogP contribution in [0.4, 0.5) is 0 Å². The van der Waals surface area contributed by atoms with E-state index in [0.717, 1.165) is 13.0 Å². The first-order valence-electron chi connectivity index (χ1n) is 4.99. The van der Waals surface area contributed by atoms with Gasteiger partial charge in [0.1, 0.15) is 5.79 Å². The van der Waals surface area contributed by atoms with Crippen LogP contribution in [0.3, 0.4) is 0 Å². The molecule has 0 rings (SSSR count). The average molecular weight is 187 g/mol. The molecule has 80 valence electrons. The highest BCUT2D eigenvalue weighted by molar-refractivity contribution is 4.81. The van der Waals surface area contributed by atoms with Gasteiger partial charge < -0.3 is 0 Å². The summed E-state index contributed by atoms with van der Waals surface area (Å²) in [4.78, 5) is 6.92. The van der Waals surface area contributed by atoms with E-state index >= 15 is 0 Å². The molecule has 0 heterocycles. The Hall–Kier alpha value is -0.120. The van der Waals surface area contributed by atoms with Gasteiger partial charge in [0, 0.05) is 0 Å². The molecule has 0 aromatic carbocycles. The highest BCUT2D eigenvalue weighted by Crippen LogP contribution is 2.22. The van der Waals surface area contributed by atoms with Crippen molar-refractivity contribution in [2.75, 3.05) is 41.8 Å². The molecule has 13 heavy (non-hydrogen) atoms. The molecule has 0 atom stereocenters. The summed E-state index contributed by atoms with van der Waals surface area (Å²) in [6, 6.07) is 0. The molecular formula is C10H25N3. The molecule has 0 amide bonds. The first-order chi connectivity index (χ1) is 5.93. The Bertz CT molecular complexity index is 135. The van der Waals surface area contributed by atoms with Crippen LogP contribution in [0, 0.1) is 0 Å². The summed E-state index contributed by atoms with van der Waals surface area (Å²) in [5.41, 5.74) is 0. The van der Waals surface area contributed by atoms with E-state index in [4.69, 9.17) is 0 Å². The molecule has 0 aliphatic carbocycles. The molecule has 0 N–H and O–H groups in total. The van der Waals surface area contributed by atoms with Crippen molar-refractivity contribution in [3.8, 4) is 0 Å². The highest BCUT2D eigenvalue weighted by Gasteiger charge is 2.36. The van der Waals surface area contributed by atoms with Gasteiger partial charge in [-0.3, -0.25) is 14.7 Å². The summed E-state index contributed by atoms with van der Waals surface area (Å²) in [6.45, 7) is 5.48. The lowest BCUT2D eigenvalue weighted by Crippen LogP contribution is -2.64. The van der Waals surface area contributed by atoms with Crippen LogP contribution in [0.25, 0.3) is 0 Å². The van der Waals surface area contributed by atoms with E-state index in [1.807, 2.05) is 0 Å². The van der Waals surface area contributed by atoms with Crippen LogP contribution in [0.5, 0.6) is 0 Å². The van der Waals surface area contributed by atoms with Gasteiger partial charge in [0.2, 0.25) is 0 Å². The van der Waals surface area contributed by atoms with Crippen LogP contribution >= 0.6 is 0 Å². The smallest absolute Gasteiger partial charge is 0.129 e. The number of hydrogen-bond donors (Lipinski definition) is 0. The van der Waals surface area contributed by atoms with Crippen LogP contribution in [0.1, 0.15) is 20.3 Å². The molecule has 0 bridgehead atoms. The zero-order valence-corrected chi connectivity index (χ0v) is 10.3. The Morgan fingerprint density at radius 3 is 1.31 bits per heavy atom. The molecule has 0 saturated carbocycles. The fourth-order valence-corrected chi connectivity index (χ4v) is 2.24. The maximum Gasteiger partial charge on any atom is 0.129 e. The second kappa shape index (κ2) is 4.94. The number of hydrogen-bond acceptors (Lipinski definition) is 3. The van der Waals surface area contributed by atoms with E-state index in [1.54, 1.807) is 0 Å². The first-order valence-corrected chi connectivity index (χ1v) is 4.99. The van der Waals surface area contributed by atoms with Gasteiger partial charge in [0.15, 0.2) is 0 Å². The van der Waals surface area contributed by atoms with Crippen LogP contribution in [0.15, 0.2) is 0 Å². The lowest BCUT2D eigenvalue weighted by atomic mass is 10.2. The first kappa shape index (κ1) is 12.9. The third kappa shape index (κ3) is 2.22. The van der Waals surface area contributed by atoms with E-state index in [9.17, 15) is 0 Å². The molecule has 0 spiro atoms. The van der Waals surface area contributed by atoms with Gasteiger partial charge in [-0.1, -0.05) is 13.8 Å². The summed E-state index contributed by atoms with van der Waals surface area (Å²) in [5, 5.41) is 0. The molecule has 0 aliphatic rings. The minimum atomic E-state index is 0.0503. The van der Waals surface area contributed by atoms with Crippen molar-refractivity contribution >= 4 is 0 Å². The molecule has 0 fully saturated rings. The van der Waals surface area contributed by atoms with Crippen molar-refractivity contribution in [3.05, 3.63) is 0 Å². The van der Waals surface area contributed by atoms with Crippen molar-refractivity contribution in [2.24, 2.45) is 0 Å². The van der Waals surface area contributed by atoms with E-state index in [0.29, 0.717) is 0 Å². The Morgan fingerprint density at radius 1 is 0.846 bits per heavy atom. The topological polar surface area (TPSA) is 9.72 Å². The zero-order chi connectivity index (χ0) is 10.6. The predicted molar refractivity (Wildman–Crippen MR) is 58.7 cm³/mol. The summed E-state index contributed by atoms with van der Waals surface area (Å²) in [5.74, 6) is 0.0503. The van der Waals surface area contributed by atoms with Crippen molar-refractivity contribution in [1.82, 2.24) is 14.7 Å². The third-order valence-electron chi connectivity index (χ3n) is 2.99. The van der Waals surface area contributed by atoms with Crippen molar-refractivity contribution in [2.45, 2.75) is 26.1 Å². The minimum absolute atomic E-state index is 0.0503. The maximum atomic E-state index is 2.37. The van der Waals surface area contributed by atoms with Gasteiger partial charge >= 0.3 is 0 Å². The standard InChI is InChI=1S/C10H25N3/c1-8-10(11(3)4,12(5)6)13(7)9-2/h8-9H2,1-7H3. The molecule has 0 unspecified atom stereocenters. The molecule has 0 radical (unpaired) electrons. The van der Waals surface area contributed by atoms with Crippen LogP contribution < -0.4 is 0 Å². The molecule has 0 saturated heterocycles. The number of nitrogens with zero attached hydrogens (tertiary/aromatic N) is 3. The minimum Gasteiger partial charge on any atom is -0.279 e. The normalized spacial score (nSPS) is 13.4. The monoisotopic (exact) mass is 187 g/mol. The predicted octanol–water partition coefficient (Wildman–Crippen LogP) is 1.13. The largest absolute Gasteiger partial charge is 0.279 e. The molecule has 3 heteroatoms. The average Bonchev–Trinajstić information content (AvgIpc) is 2.04. The van der Waals surface area contributed by atoms with Gasteiger partial charge in [-0.2, -0.15) is 0 Å². The summed E-state index contributed by atoms with van der Waals surface area (Å²) >= 11 is 0. The molecule has 0 aromatic rings. The van der Waals surface area contributed by atoms with Crippen molar-refractivity contribution in [3.63, 3.8) is 0 Å². The van der Waals surface area contributed by atoms with Gasteiger partial charge in [-0.25, -0.2) is 0 Å². The fraction of sp³-hybridized carbons (Fsp3) is 1.00. The van der Waals surface area contributed by atoms with Gasteiger partial charge in [0.05, 0.1) is 0 Å². The Morgan fingerprint density at radius 2 is 1.23 bits per heavy atom. The lowest BCUT2D eigenvalue weighted by Gasteiger charge is -2.50. The summed E-state index contributed by atoms with van der Waals surface area (Å²) in [7, 11) is 10.7. The Kier molecular flexibility index (Phi) is 4.89. The van der Waals surface area contributed by atoms with Gasteiger partial charge in [-0.05, 0) is 48.2 Å². The number of rotatable bonds is 5. The SMILES string of the molecule is CCN(C)C(CC)(N(C)C)N(C)C. The Labute approximate surface area is 83.3 Å². The zero-order valence-electron chi connectivity index (χ0n) is 10.3. The van der Waals surface area contributed by atoms with Crippen LogP contribution in [0.2, 0.25) is 0 Å². The highest BCUT2D eigenvalue weighted by atomic mass is 15.5. The van der Waals surface area contributed by atoms with E-state index in [-0.39, 0.29) is 5.79 Å². The van der Waals surface area contributed by atoms with Crippen LogP contribution in [-0.4, -0.2) is 62.3 Å². The molecule has 3 nitrogen and oxygen atoms in total. The van der Waals surface area contributed by atoms with Gasteiger partial charge in [-0.15, -0.1) is 0 Å². The maximum absolute atomic E-state index is 2.37. The van der Waals surface area contributed by atoms with Crippen molar-refractivity contribution < 1.29 is 0 Å². The van der Waals surface area contributed by atoms with Crippen LogP contribution in [-0.2, 0) is 0 Å². The van der Waals surface area contributed by atoms with E-state index < -0.39 is 0 Å². The Balaban J connectivity index is 4.86. The summed E-state index contributed by atoms with van der Waals surface area (Å²) in [6.07, 6.45) is 1.09. The second-order valence-corrected chi connectivity index (χ2v) is 3.93. The molecular weight excluding hydrogens is 162 g/mol. The second-order valence-electron chi connectivity index (χ2n) is 3.93. The molecule has 0 aliphatic heterocycles. The molecule has 0 aromatic heterocycles. The third-order valence-corrected chi connectivity index (χ3v) is 2.99. The van der Waals surface area contributed by atoms with E-state index in [2.05, 4.69) is 63.8 Å². The summed E-state index contributed by atoms with van der Waals surface area (Å²) < 4.78 is 0. The lowest BCUT2D eigenvalue weighted by molar-refractivity contribution is -0.120. The quantitative estimate of drug-likeness (QED) is 0.597. The van der Waals surface area contributed by atoms with Gasteiger partial charge in [0.25, 0.3) is 0 Å².